The number of fused-ring (bicyclic) bond motifs is 3. The summed E-state index contributed by atoms with van der Waals surface area (Å²) in [6.07, 6.45) is -3.84. The molecule has 2 aliphatic heterocycles. The van der Waals surface area contributed by atoms with E-state index >= 15 is 0 Å². The number of rotatable bonds is 1. The monoisotopic (exact) mass is 287 g/mol. The Bertz CT molecular complexity index is 528. The molecule has 3 rings (SSSR count). The summed E-state index contributed by atoms with van der Waals surface area (Å²) in [5.41, 5.74) is 1.02. The van der Waals surface area contributed by atoms with Gasteiger partial charge >= 0.3 is 6.36 Å². The van der Waals surface area contributed by atoms with Crippen molar-refractivity contribution in [1.29, 1.82) is 0 Å². The molecule has 0 radical (unpaired) electrons. The summed E-state index contributed by atoms with van der Waals surface area (Å²) in [5.74, 6) is 0.237. The molecule has 1 aromatic rings. The highest BCUT2D eigenvalue weighted by Gasteiger charge is 2.42. The Morgan fingerprint density at radius 3 is 2.80 bits per heavy atom. The van der Waals surface area contributed by atoms with E-state index in [1.165, 1.54) is 12.1 Å². The van der Waals surface area contributed by atoms with Crippen molar-refractivity contribution in [2.24, 2.45) is 5.41 Å². The summed E-state index contributed by atoms with van der Waals surface area (Å²) in [5, 5.41) is 3.41. The number of hydrogen-bond acceptors (Lipinski definition) is 3. The van der Waals surface area contributed by atoms with Crippen molar-refractivity contribution in [3.8, 4) is 11.5 Å². The van der Waals surface area contributed by atoms with Crippen LogP contribution >= 0.6 is 0 Å². The van der Waals surface area contributed by atoms with E-state index in [2.05, 4.69) is 23.9 Å². The maximum atomic E-state index is 12.2. The topological polar surface area (TPSA) is 30.5 Å². The molecule has 110 valence electrons. The molecule has 2 aliphatic rings. The van der Waals surface area contributed by atoms with E-state index in [9.17, 15) is 13.2 Å². The van der Waals surface area contributed by atoms with Crippen LogP contribution in [0.4, 0.5) is 13.2 Å². The zero-order chi connectivity index (χ0) is 14.5. The van der Waals surface area contributed by atoms with Gasteiger partial charge in [-0.15, -0.1) is 13.2 Å². The Morgan fingerprint density at radius 2 is 2.10 bits per heavy atom. The summed E-state index contributed by atoms with van der Waals surface area (Å²) >= 11 is 0. The first-order valence-electron chi connectivity index (χ1n) is 6.53. The first kappa shape index (κ1) is 13.5. The largest absolute Gasteiger partial charge is 0.573 e. The van der Waals surface area contributed by atoms with E-state index in [1.807, 2.05) is 0 Å². The summed E-state index contributed by atoms with van der Waals surface area (Å²) in [6.45, 7) is 5.14. The quantitative estimate of drug-likeness (QED) is 0.858. The fourth-order valence-electron chi connectivity index (χ4n) is 2.91. The standard InChI is InChI=1S/C14H16F3NO2/c1-13(2)6-11-12(18-7-13)9-4-3-8(5-10(9)19-11)20-14(15,16)17/h3-5,11-12,18H,6-7H2,1-2H3. The average Bonchev–Trinajstić information content (AvgIpc) is 2.61. The van der Waals surface area contributed by atoms with E-state index in [0.717, 1.165) is 18.5 Å². The third-order valence-corrected chi connectivity index (χ3v) is 3.76. The van der Waals surface area contributed by atoms with Gasteiger partial charge in [0.05, 0.1) is 6.04 Å². The Morgan fingerprint density at radius 1 is 1.35 bits per heavy atom. The highest BCUT2D eigenvalue weighted by atomic mass is 19.4. The molecule has 1 saturated heterocycles. The van der Waals surface area contributed by atoms with E-state index in [4.69, 9.17) is 4.74 Å². The number of ether oxygens (including phenoxy) is 2. The Kier molecular flexibility index (Phi) is 2.90. The van der Waals surface area contributed by atoms with Crippen molar-refractivity contribution in [2.75, 3.05) is 6.54 Å². The zero-order valence-corrected chi connectivity index (χ0v) is 11.3. The molecule has 0 aromatic heterocycles. The van der Waals surface area contributed by atoms with E-state index in [1.54, 1.807) is 6.07 Å². The summed E-state index contributed by atoms with van der Waals surface area (Å²) in [6, 6.07) is 4.35. The molecule has 1 fully saturated rings. The number of alkyl halides is 3. The molecule has 0 spiro atoms. The Balaban J connectivity index is 1.83. The van der Waals surface area contributed by atoms with Crippen LogP contribution in [0.3, 0.4) is 0 Å². The molecule has 20 heavy (non-hydrogen) atoms. The molecule has 0 amide bonds. The van der Waals surface area contributed by atoms with E-state index in [-0.39, 0.29) is 23.3 Å². The highest BCUT2D eigenvalue weighted by molar-refractivity contribution is 5.46. The minimum atomic E-state index is -4.68. The SMILES string of the molecule is CC1(C)CNC2c3ccc(OC(F)(F)F)cc3OC2C1. The highest BCUT2D eigenvalue weighted by Crippen LogP contribution is 2.45. The van der Waals surface area contributed by atoms with Crippen LogP contribution in [0, 0.1) is 5.41 Å². The molecule has 0 bridgehead atoms. The molecule has 0 aliphatic carbocycles. The lowest BCUT2D eigenvalue weighted by Crippen LogP contribution is -2.46. The first-order valence-corrected chi connectivity index (χ1v) is 6.53. The van der Waals surface area contributed by atoms with Crippen LogP contribution in [-0.2, 0) is 0 Å². The predicted octanol–water partition coefficient (Wildman–Crippen LogP) is 3.41. The van der Waals surface area contributed by atoms with Gasteiger partial charge < -0.3 is 14.8 Å². The molecule has 1 aromatic carbocycles. The van der Waals surface area contributed by atoms with Crippen molar-refractivity contribution < 1.29 is 22.6 Å². The van der Waals surface area contributed by atoms with Crippen LogP contribution in [0.15, 0.2) is 18.2 Å². The van der Waals surface area contributed by atoms with Gasteiger partial charge in [0.15, 0.2) is 0 Å². The second kappa shape index (κ2) is 4.28. The van der Waals surface area contributed by atoms with Crippen molar-refractivity contribution in [3.63, 3.8) is 0 Å². The fourth-order valence-corrected chi connectivity index (χ4v) is 2.91. The van der Waals surface area contributed by atoms with E-state index < -0.39 is 6.36 Å². The lowest BCUT2D eigenvalue weighted by molar-refractivity contribution is -0.274. The van der Waals surface area contributed by atoms with Gasteiger partial charge in [-0.3, -0.25) is 0 Å². The van der Waals surface area contributed by atoms with Crippen LogP contribution in [0.25, 0.3) is 0 Å². The van der Waals surface area contributed by atoms with Gasteiger partial charge in [-0.25, -0.2) is 0 Å². The second-order valence-corrected chi connectivity index (χ2v) is 6.13. The smallest absolute Gasteiger partial charge is 0.488 e. The van der Waals surface area contributed by atoms with Gasteiger partial charge in [0.2, 0.25) is 0 Å². The number of halogens is 3. The summed E-state index contributed by atoms with van der Waals surface area (Å²) in [4.78, 5) is 0. The fraction of sp³-hybridized carbons (Fsp3) is 0.571. The minimum Gasteiger partial charge on any atom is -0.488 e. The van der Waals surface area contributed by atoms with Crippen LogP contribution in [-0.4, -0.2) is 19.0 Å². The molecular formula is C14H16F3NO2. The number of nitrogens with one attached hydrogen (secondary N) is 1. The zero-order valence-electron chi connectivity index (χ0n) is 11.3. The van der Waals surface area contributed by atoms with Gasteiger partial charge in [-0.2, -0.15) is 0 Å². The molecule has 6 heteroatoms. The molecule has 2 heterocycles. The van der Waals surface area contributed by atoms with Crippen molar-refractivity contribution in [1.82, 2.24) is 5.32 Å². The van der Waals surface area contributed by atoms with Crippen molar-refractivity contribution >= 4 is 0 Å². The van der Waals surface area contributed by atoms with Crippen molar-refractivity contribution in [3.05, 3.63) is 23.8 Å². The normalized spacial score (nSPS) is 27.4. The number of piperidine rings is 1. The molecule has 3 nitrogen and oxygen atoms in total. The van der Waals surface area contributed by atoms with Crippen LogP contribution < -0.4 is 14.8 Å². The van der Waals surface area contributed by atoms with Gasteiger partial charge in [0.25, 0.3) is 0 Å². The second-order valence-electron chi connectivity index (χ2n) is 6.13. The van der Waals surface area contributed by atoms with Gasteiger partial charge in [0, 0.05) is 18.2 Å². The summed E-state index contributed by atoms with van der Waals surface area (Å²) in [7, 11) is 0. The number of benzene rings is 1. The molecule has 0 saturated carbocycles. The van der Waals surface area contributed by atoms with Crippen LogP contribution in [0.1, 0.15) is 31.9 Å². The van der Waals surface area contributed by atoms with Crippen LogP contribution in [0.5, 0.6) is 11.5 Å². The minimum absolute atomic E-state index is 0.0325. The third-order valence-electron chi connectivity index (χ3n) is 3.76. The average molecular weight is 287 g/mol. The van der Waals surface area contributed by atoms with E-state index in [0.29, 0.717) is 5.75 Å². The molecule has 2 atom stereocenters. The lowest BCUT2D eigenvalue weighted by atomic mass is 9.80. The molecule has 2 unspecified atom stereocenters. The maximum absolute atomic E-state index is 12.2. The third kappa shape index (κ3) is 2.57. The van der Waals surface area contributed by atoms with Crippen molar-refractivity contribution in [2.45, 2.75) is 38.8 Å². The maximum Gasteiger partial charge on any atom is 0.573 e. The summed E-state index contributed by atoms with van der Waals surface area (Å²) < 4.78 is 46.4. The number of hydrogen-bond donors (Lipinski definition) is 1. The van der Waals surface area contributed by atoms with Gasteiger partial charge in [0.1, 0.15) is 17.6 Å². The predicted molar refractivity (Wildman–Crippen MR) is 66.7 cm³/mol. The van der Waals surface area contributed by atoms with Crippen LogP contribution in [0.2, 0.25) is 0 Å². The Hall–Kier alpha value is -1.43. The van der Waals surface area contributed by atoms with Gasteiger partial charge in [-0.1, -0.05) is 13.8 Å². The van der Waals surface area contributed by atoms with Gasteiger partial charge in [-0.05, 0) is 24.0 Å². The Labute approximate surface area is 115 Å². The molecular weight excluding hydrogens is 271 g/mol. The lowest BCUT2D eigenvalue weighted by Gasteiger charge is -2.37. The molecule has 1 N–H and O–H groups in total. The first-order chi connectivity index (χ1) is 9.23.